The Morgan fingerprint density at radius 2 is 2.27 bits per heavy atom. The van der Waals surface area contributed by atoms with Gasteiger partial charge in [0.1, 0.15) is 0 Å². The zero-order valence-corrected chi connectivity index (χ0v) is 10.3. The number of hydrogen-bond acceptors (Lipinski definition) is 3. The van der Waals surface area contributed by atoms with Gasteiger partial charge < -0.3 is 5.11 Å². The summed E-state index contributed by atoms with van der Waals surface area (Å²) in [5.74, 6) is 0. The van der Waals surface area contributed by atoms with Crippen LogP contribution in [0.4, 0.5) is 0 Å². The Kier molecular flexibility index (Phi) is 3.51. The summed E-state index contributed by atoms with van der Waals surface area (Å²) < 4.78 is 0.925. The molecule has 0 radical (unpaired) electrons. The van der Waals surface area contributed by atoms with E-state index in [1.807, 2.05) is 29.0 Å². The molecule has 2 nitrogen and oxygen atoms in total. The van der Waals surface area contributed by atoms with E-state index in [9.17, 15) is 5.11 Å². The molecule has 0 aliphatic rings. The van der Waals surface area contributed by atoms with Crippen LogP contribution in [0, 0.1) is 0 Å². The second-order valence-electron chi connectivity index (χ2n) is 3.25. The van der Waals surface area contributed by atoms with Crippen LogP contribution < -0.4 is 0 Å². The van der Waals surface area contributed by atoms with Crippen molar-refractivity contribution in [3.05, 3.63) is 50.9 Å². The lowest BCUT2D eigenvalue weighted by atomic mass is 10.1. The monoisotopic (exact) mass is 283 g/mol. The largest absolute Gasteiger partial charge is 0.386 e. The van der Waals surface area contributed by atoms with Crippen molar-refractivity contribution in [3.63, 3.8) is 0 Å². The molecule has 2 rings (SSSR count). The highest BCUT2D eigenvalue weighted by molar-refractivity contribution is 9.10. The van der Waals surface area contributed by atoms with Gasteiger partial charge in [-0.15, -0.1) is 0 Å². The predicted molar refractivity (Wildman–Crippen MR) is 64.9 cm³/mol. The molecule has 15 heavy (non-hydrogen) atoms. The number of halogens is 1. The summed E-state index contributed by atoms with van der Waals surface area (Å²) in [6, 6.07) is 5.74. The summed E-state index contributed by atoms with van der Waals surface area (Å²) in [6.45, 7) is 0. The summed E-state index contributed by atoms with van der Waals surface area (Å²) in [5, 5.41) is 14.0. The molecule has 4 heteroatoms. The summed E-state index contributed by atoms with van der Waals surface area (Å²) in [7, 11) is 0. The molecular formula is C11H10BrNOS. The molecule has 1 unspecified atom stereocenters. The highest BCUT2D eigenvalue weighted by Crippen LogP contribution is 2.19. The second-order valence-corrected chi connectivity index (χ2v) is 4.95. The van der Waals surface area contributed by atoms with Crippen LogP contribution in [-0.4, -0.2) is 10.1 Å². The number of thiophene rings is 1. The number of aliphatic hydroxyl groups excluding tert-OH is 1. The lowest BCUT2D eigenvalue weighted by Gasteiger charge is -2.08. The Balaban J connectivity index is 2.08. The maximum absolute atomic E-state index is 9.91. The number of hydrogen-bond donors (Lipinski definition) is 1. The van der Waals surface area contributed by atoms with Crippen molar-refractivity contribution in [2.75, 3.05) is 0 Å². The quantitative estimate of drug-likeness (QED) is 0.939. The van der Waals surface area contributed by atoms with Crippen molar-refractivity contribution < 1.29 is 5.11 Å². The molecule has 2 heterocycles. The molecule has 78 valence electrons. The van der Waals surface area contributed by atoms with E-state index in [2.05, 4.69) is 20.9 Å². The van der Waals surface area contributed by atoms with Crippen LogP contribution in [0.3, 0.4) is 0 Å². The van der Waals surface area contributed by atoms with Gasteiger partial charge in [0.2, 0.25) is 0 Å². The Hall–Kier alpha value is -0.710. The van der Waals surface area contributed by atoms with Gasteiger partial charge in [-0.3, -0.25) is 4.98 Å². The Bertz CT molecular complexity index is 413. The SMILES string of the molecule is OC(Cc1ccsc1)c1ccc(Br)cn1. The smallest absolute Gasteiger partial charge is 0.1000 e. The maximum Gasteiger partial charge on any atom is 0.1000 e. The van der Waals surface area contributed by atoms with Gasteiger partial charge in [-0.25, -0.2) is 0 Å². The molecule has 2 aromatic heterocycles. The normalized spacial score (nSPS) is 12.7. The van der Waals surface area contributed by atoms with E-state index in [0.29, 0.717) is 12.1 Å². The van der Waals surface area contributed by atoms with Gasteiger partial charge in [0.15, 0.2) is 0 Å². The van der Waals surface area contributed by atoms with Gasteiger partial charge in [-0.2, -0.15) is 11.3 Å². The first-order valence-corrected chi connectivity index (χ1v) is 6.30. The van der Waals surface area contributed by atoms with Crippen LogP contribution in [0.15, 0.2) is 39.6 Å². The van der Waals surface area contributed by atoms with Gasteiger partial charge in [0.25, 0.3) is 0 Å². The van der Waals surface area contributed by atoms with Crippen molar-refractivity contribution >= 4 is 27.3 Å². The topological polar surface area (TPSA) is 33.1 Å². The Labute approximate surface area is 101 Å². The molecule has 0 fully saturated rings. The first kappa shape index (κ1) is 10.8. The van der Waals surface area contributed by atoms with Gasteiger partial charge in [-0.1, -0.05) is 0 Å². The third kappa shape index (κ3) is 2.87. The van der Waals surface area contributed by atoms with Crippen LogP contribution in [0.2, 0.25) is 0 Å². The number of rotatable bonds is 3. The Morgan fingerprint density at radius 1 is 1.40 bits per heavy atom. The predicted octanol–water partition coefficient (Wildman–Crippen LogP) is 3.18. The number of aliphatic hydroxyl groups is 1. The van der Waals surface area contributed by atoms with E-state index in [1.165, 1.54) is 0 Å². The van der Waals surface area contributed by atoms with Gasteiger partial charge in [-0.05, 0) is 50.5 Å². The molecule has 0 aliphatic heterocycles. The summed E-state index contributed by atoms with van der Waals surface area (Å²) in [5.41, 5.74) is 1.86. The molecule has 1 atom stereocenters. The minimum Gasteiger partial charge on any atom is -0.386 e. The molecule has 2 aromatic rings. The van der Waals surface area contributed by atoms with E-state index < -0.39 is 6.10 Å². The average molecular weight is 284 g/mol. The van der Waals surface area contributed by atoms with Crippen LogP contribution in [-0.2, 0) is 6.42 Å². The lowest BCUT2D eigenvalue weighted by Crippen LogP contribution is -2.03. The number of pyridine rings is 1. The third-order valence-corrected chi connectivity index (χ3v) is 3.30. The number of aromatic nitrogens is 1. The maximum atomic E-state index is 9.91. The first-order chi connectivity index (χ1) is 7.25. The molecule has 0 spiro atoms. The van der Waals surface area contributed by atoms with Crippen LogP contribution in [0.5, 0.6) is 0 Å². The van der Waals surface area contributed by atoms with Crippen LogP contribution in [0.25, 0.3) is 0 Å². The van der Waals surface area contributed by atoms with Gasteiger partial charge in [0.05, 0.1) is 11.8 Å². The van der Waals surface area contributed by atoms with E-state index in [4.69, 9.17) is 0 Å². The van der Waals surface area contributed by atoms with Crippen molar-refractivity contribution in [3.8, 4) is 0 Å². The van der Waals surface area contributed by atoms with E-state index >= 15 is 0 Å². The highest BCUT2D eigenvalue weighted by Gasteiger charge is 2.09. The minimum atomic E-state index is -0.521. The van der Waals surface area contributed by atoms with E-state index in [-0.39, 0.29) is 0 Å². The fourth-order valence-electron chi connectivity index (χ4n) is 1.32. The summed E-state index contributed by atoms with van der Waals surface area (Å²) in [4.78, 5) is 4.17. The van der Waals surface area contributed by atoms with Crippen molar-refractivity contribution in [2.24, 2.45) is 0 Å². The van der Waals surface area contributed by atoms with Crippen molar-refractivity contribution in [1.82, 2.24) is 4.98 Å². The summed E-state index contributed by atoms with van der Waals surface area (Å²) in [6.07, 6.45) is 1.80. The second kappa shape index (κ2) is 4.88. The Morgan fingerprint density at radius 3 is 2.87 bits per heavy atom. The zero-order chi connectivity index (χ0) is 10.7. The van der Waals surface area contributed by atoms with E-state index in [1.54, 1.807) is 17.5 Å². The average Bonchev–Trinajstić information content (AvgIpc) is 2.71. The van der Waals surface area contributed by atoms with Crippen LogP contribution >= 0.6 is 27.3 Å². The standard InChI is InChI=1S/C11H10BrNOS/c12-9-1-2-10(13-6-9)11(14)5-8-3-4-15-7-8/h1-4,6-7,11,14H,5H2. The molecule has 0 aromatic carbocycles. The van der Waals surface area contributed by atoms with Crippen molar-refractivity contribution in [1.29, 1.82) is 0 Å². The highest BCUT2D eigenvalue weighted by atomic mass is 79.9. The lowest BCUT2D eigenvalue weighted by molar-refractivity contribution is 0.173. The van der Waals surface area contributed by atoms with Crippen molar-refractivity contribution in [2.45, 2.75) is 12.5 Å². The third-order valence-electron chi connectivity index (χ3n) is 2.10. The molecule has 0 saturated heterocycles. The molecular weight excluding hydrogens is 274 g/mol. The molecule has 1 N–H and O–H groups in total. The van der Waals surface area contributed by atoms with Gasteiger partial charge in [0, 0.05) is 17.1 Å². The fraction of sp³-hybridized carbons (Fsp3) is 0.182. The number of nitrogens with zero attached hydrogens (tertiary/aromatic N) is 1. The molecule has 0 aliphatic carbocycles. The fourth-order valence-corrected chi connectivity index (χ4v) is 2.24. The van der Waals surface area contributed by atoms with Gasteiger partial charge >= 0.3 is 0 Å². The zero-order valence-electron chi connectivity index (χ0n) is 7.93. The van der Waals surface area contributed by atoms with Crippen LogP contribution in [0.1, 0.15) is 17.4 Å². The molecule has 0 amide bonds. The molecule has 0 saturated carbocycles. The first-order valence-electron chi connectivity index (χ1n) is 4.56. The van der Waals surface area contributed by atoms with E-state index in [0.717, 1.165) is 10.0 Å². The summed E-state index contributed by atoms with van der Waals surface area (Å²) >= 11 is 4.95. The molecule has 0 bridgehead atoms. The minimum absolute atomic E-state index is 0.521.